The standard InChI is InChI=1S/C20H24F2N4O.ClH/c1-12(23)17-6-2-3-10-25(17)20(27)19-14-5-4-7-18(14)26(24-19)13-8-9-15(21)16(22)11-13;/h8-9,11-12,17H,2-7,10,23H2,1H3;1H. The van der Waals surface area contributed by atoms with Crippen LogP contribution in [0.1, 0.15) is 54.4 Å². The van der Waals surface area contributed by atoms with Gasteiger partial charge in [-0.1, -0.05) is 0 Å². The van der Waals surface area contributed by atoms with Crippen LogP contribution in [0.3, 0.4) is 0 Å². The van der Waals surface area contributed by atoms with Crippen LogP contribution in [-0.4, -0.2) is 39.2 Å². The number of hydrogen-bond acceptors (Lipinski definition) is 3. The largest absolute Gasteiger partial charge is 0.333 e. The molecule has 1 aliphatic heterocycles. The molecule has 0 spiro atoms. The number of fused-ring (bicyclic) bond motifs is 1. The second-order valence-electron chi connectivity index (χ2n) is 7.56. The molecule has 2 atom stereocenters. The maximum Gasteiger partial charge on any atom is 0.274 e. The molecule has 1 aromatic heterocycles. The first-order chi connectivity index (χ1) is 13.0. The van der Waals surface area contributed by atoms with Gasteiger partial charge in [0.1, 0.15) is 0 Å². The molecule has 1 fully saturated rings. The molecule has 8 heteroatoms. The summed E-state index contributed by atoms with van der Waals surface area (Å²) in [4.78, 5) is 15.2. The highest BCUT2D eigenvalue weighted by atomic mass is 35.5. The Morgan fingerprint density at radius 1 is 1.21 bits per heavy atom. The number of nitrogens with two attached hydrogens (primary N) is 1. The number of carbonyl (C=O) groups is 1. The van der Waals surface area contributed by atoms with Gasteiger partial charge in [0.15, 0.2) is 17.3 Å². The maximum atomic E-state index is 13.7. The summed E-state index contributed by atoms with van der Waals surface area (Å²) in [5.41, 5.74) is 8.83. The van der Waals surface area contributed by atoms with Gasteiger partial charge in [0, 0.05) is 36.0 Å². The number of carbonyl (C=O) groups excluding carboxylic acids is 1. The second kappa shape index (κ2) is 8.17. The third-order valence-corrected chi connectivity index (χ3v) is 5.70. The Balaban J connectivity index is 0.00000225. The summed E-state index contributed by atoms with van der Waals surface area (Å²) in [5.74, 6) is -1.92. The van der Waals surface area contributed by atoms with Crippen molar-refractivity contribution >= 4 is 18.3 Å². The van der Waals surface area contributed by atoms with E-state index in [2.05, 4.69) is 5.10 Å². The number of aromatic nitrogens is 2. The number of benzene rings is 1. The Kier molecular flexibility index (Phi) is 6.05. The van der Waals surface area contributed by atoms with Crippen molar-refractivity contribution in [3.8, 4) is 5.69 Å². The lowest BCUT2D eigenvalue weighted by atomic mass is 9.96. The minimum absolute atomic E-state index is 0. The molecular formula is C20H25ClF2N4O. The van der Waals surface area contributed by atoms with E-state index in [1.807, 2.05) is 11.8 Å². The van der Waals surface area contributed by atoms with E-state index >= 15 is 0 Å². The molecule has 2 aromatic rings. The van der Waals surface area contributed by atoms with Gasteiger partial charge < -0.3 is 10.6 Å². The average Bonchev–Trinajstić information content (AvgIpc) is 3.26. The Bertz CT molecular complexity index is 883. The molecule has 0 saturated carbocycles. The Hall–Kier alpha value is -1.99. The minimum Gasteiger partial charge on any atom is -0.333 e. The lowest BCUT2D eigenvalue weighted by Crippen LogP contribution is -2.51. The van der Waals surface area contributed by atoms with Crippen LogP contribution in [0.4, 0.5) is 8.78 Å². The fraction of sp³-hybridized carbons (Fsp3) is 0.500. The SMILES string of the molecule is CC(N)C1CCCCN1C(=O)c1nn(-c2ccc(F)c(F)c2)c2c1CCC2.Cl. The van der Waals surface area contributed by atoms with Gasteiger partial charge in [-0.3, -0.25) is 4.79 Å². The molecule has 0 bridgehead atoms. The van der Waals surface area contributed by atoms with E-state index in [0.717, 1.165) is 61.9 Å². The first kappa shape index (κ1) is 20.7. The van der Waals surface area contributed by atoms with Gasteiger partial charge in [0.2, 0.25) is 0 Å². The van der Waals surface area contributed by atoms with E-state index in [1.165, 1.54) is 6.07 Å². The third-order valence-electron chi connectivity index (χ3n) is 5.70. The van der Waals surface area contributed by atoms with Crippen molar-refractivity contribution in [3.63, 3.8) is 0 Å². The zero-order chi connectivity index (χ0) is 19.1. The molecule has 1 saturated heterocycles. The van der Waals surface area contributed by atoms with Gasteiger partial charge in [-0.2, -0.15) is 5.10 Å². The van der Waals surface area contributed by atoms with Crippen LogP contribution in [0.5, 0.6) is 0 Å². The van der Waals surface area contributed by atoms with Gasteiger partial charge in [-0.05, 0) is 57.6 Å². The summed E-state index contributed by atoms with van der Waals surface area (Å²) in [5, 5.41) is 4.54. The first-order valence-electron chi connectivity index (χ1n) is 9.60. The van der Waals surface area contributed by atoms with Crippen LogP contribution in [0.25, 0.3) is 5.69 Å². The molecule has 2 aliphatic rings. The van der Waals surface area contributed by atoms with Crippen molar-refractivity contribution in [3.05, 3.63) is 46.8 Å². The molecule has 4 rings (SSSR count). The van der Waals surface area contributed by atoms with E-state index < -0.39 is 11.6 Å². The molecule has 1 amide bonds. The van der Waals surface area contributed by atoms with Crippen LogP contribution < -0.4 is 5.73 Å². The van der Waals surface area contributed by atoms with Gasteiger partial charge >= 0.3 is 0 Å². The quantitative estimate of drug-likeness (QED) is 0.843. The highest BCUT2D eigenvalue weighted by Crippen LogP contribution is 2.30. The van der Waals surface area contributed by atoms with Crippen molar-refractivity contribution in [1.82, 2.24) is 14.7 Å². The summed E-state index contributed by atoms with van der Waals surface area (Å²) in [6.07, 6.45) is 5.39. The highest BCUT2D eigenvalue weighted by molar-refractivity contribution is 5.94. The van der Waals surface area contributed by atoms with Gasteiger partial charge in [-0.25, -0.2) is 13.5 Å². The summed E-state index contributed by atoms with van der Waals surface area (Å²) < 4.78 is 28.6. The molecule has 2 unspecified atom stereocenters. The van der Waals surface area contributed by atoms with Crippen molar-refractivity contribution < 1.29 is 13.6 Å². The van der Waals surface area contributed by atoms with E-state index in [9.17, 15) is 13.6 Å². The summed E-state index contributed by atoms with van der Waals surface area (Å²) in [6.45, 7) is 2.61. The van der Waals surface area contributed by atoms with Crippen LogP contribution in [0.2, 0.25) is 0 Å². The predicted octanol–water partition coefficient (Wildman–Crippen LogP) is 3.40. The average molecular weight is 411 g/mol. The monoisotopic (exact) mass is 410 g/mol. The second-order valence-corrected chi connectivity index (χ2v) is 7.56. The number of rotatable bonds is 3. The molecular weight excluding hydrogens is 386 g/mol. The predicted molar refractivity (Wildman–Crippen MR) is 105 cm³/mol. The summed E-state index contributed by atoms with van der Waals surface area (Å²) >= 11 is 0. The first-order valence-corrected chi connectivity index (χ1v) is 9.60. The van der Waals surface area contributed by atoms with E-state index in [4.69, 9.17) is 5.73 Å². The molecule has 1 aliphatic carbocycles. The number of halogens is 3. The van der Waals surface area contributed by atoms with Gasteiger partial charge in [0.25, 0.3) is 5.91 Å². The van der Waals surface area contributed by atoms with Crippen LogP contribution in [0, 0.1) is 11.6 Å². The van der Waals surface area contributed by atoms with Crippen molar-refractivity contribution in [1.29, 1.82) is 0 Å². The molecule has 2 heterocycles. The zero-order valence-electron chi connectivity index (χ0n) is 15.8. The molecule has 1 aromatic carbocycles. The molecule has 0 radical (unpaired) electrons. The molecule has 152 valence electrons. The zero-order valence-corrected chi connectivity index (χ0v) is 16.6. The molecule has 2 N–H and O–H groups in total. The van der Waals surface area contributed by atoms with E-state index in [-0.39, 0.29) is 30.4 Å². The summed E-state index contributed by atoms with van der Waals surface area (Å²) in [6, 6.07) is 3.61. The normalized spacial score (nSPS) is 19.9. The number of likely N-dealkylation sites (tertiary alicyclic amines) is 1. The third kappa shape index (κ3) is 3.53. The number of nitrogens with zero attached hydrogens (tertiary/aromatic N) is 3. The fourth-order valence-corrected chi connectivity index (χ4v) is 4.33. The van der Waals surface area contributed by atoms with Crippen LogP contribution >= 0.6 is 12.4 Å². The van der Waals surface area contributed by atoms with Crippen LogP contribution in [0.15, 0.2) is 18.2 Å². The minimum atomic E-state index is -0.921. The molecule has 28 heavy (non-hydrogen) atoms. The highest BCUT2D eigenvalue weighted by Gasteiger charge is 2.35. The molecule has 5 nitrogen and oxygen atoms in total. The Labute approximate surface area is 169 Å². The lowest BCUT2D eigenvalue weighted by molar-refractivity contribution is 0.0576. The summed E-state index contributed by atoms with van der Waals surface area (Å²) in [7, 11) is 0. The fourth-order valence-electron chi connectivity index (χ4n) is 4.33. The van der Waals surface area contributed by atoms with Crippen LogP contribution in [-0.2, 0) is 12.8 Å². The van der Waals surface area contributed by atoms with E-state index in [0.29, 0.717) is 17.9 Å². The van der Waals surface area contributed by atoms with Gasteiger partial charge in [0.05, 0.1) is 5.69 Å². The van der Waals surface area contributed by atoms with Crippen molar-refractivity contribution in [2.75, 3.05) is 6.54 Å². The van der Waals surface area contributed by atoms with Crippen molar-refractivity contribution in [2.45, 2.75) is 57.5 Å². The number of hydrogen-bond donors (Lipinski definition) is 1. The maximum absolute atomic E-state index is 13.7. The lowest BCUT2D eigenvalue weighted by Gasteiger charge is -2.37. The Morgan fingerprint density at radius 3 is 2.71 bits per heavy atom. The number of amides is 1. The topological polar surface area (TPSA) is 64.2 Å². The smallest absolute Gasteiger partial charge is 0.274 e. The van der Waals surface area contributed by atoms with Crippen molar-refractivity contribution in [2.24, 2.45) is 5.73 Å². The van der Waals surface area contributed by atoms with E-state index in [1.54, 1.807) is 4.68 Å². The number of piperidine rings is 1. The Morgan fingerprint density at radius 2 is 2.00 bits per heavy atom. The van der Waals surface area contributed by atoms with Gasteiger partial charge in [-0.15, -0.1) is 12.4 Å².